The van der Waals surface area contributed by atoms with Gasteiger partial charge in [0, 0.05) is 42.2 Å². The predicted molar refractivity (Wildman–Crippen MR) is 124 cm³/mol. The third kappa shape index (κ3) is 3.78. The molecule has 1 N–H and O–H groups in total. The number of rotatable bonds is 4. The SMILES string of the molecule is CC(C)(C)n1cc(-c2ccc(Cl)c(F)c2)c2ccc(C(=O)N3C[C@@H]4[C@@H](CC(=O)O)[C@@H]4C3)nc21. The van der Waals surface area contributed by atoms with Crippen LogP contribution in [0.1, 0.15) is 37.7 Å². The van der Waals surface area contributed by atoms with Crippen LogP contribution in [0, 0.1) is 23.6 Å². The fourth-order valence-corrected chi connectivity index (χ4v) is 5.23. The summed E-state index contributed by atoms with van der Waals surface area (Å²) in [5.41, 5.74) is 2.22. The van der Waals surface area contributed by atoms with Gasteiger partial charge in [-0.2, -0.15) is 0 Å². The largest absolute Gasteiger partial charge is 0.481 e. The Bertz CT molecular complexity index is 1280. The first-order valence-electron chi connectivity index (χ1n) is 11.0. The summed E-state index contributed by atoms with van der Waals surface area (Å²) in [6, 6.07) is 8.30. The van der Waals surface area contributed by atoms with Gasteiger partial charge in [-0.05, 0) is 68.4 Å². The van der Waals surface area contributed by atoms with Crippen molar-refractivity contribution < 1.29 is 19.1 Å². The summed E-state index contributed by atoms with van der Waals surface area (Å²) in [7, 11) is 0. The second-order valence-electron chi connectivity index (χ2n) is 10.1. The molecule has 1 aliphatic heterocycles. The van der Waals surface area contributed by atoms with Crippen molar-refractivity contribution >= 4 is 34.5 Å². The van der Waals surface area contributed by atoms with E-state index in [1.807, 2.05) is 37.6 Å². The molecule has 2 aliphatic rings. The molecular formula is C25H25ClFN3O3. The number of fused-ring (bicyclic) bond motifs is 2. The number of piperidine rings is 1. The standard InChI is InChI=1S/C25H25ClFN3O3/c1-25(2,3)30-12-16(13-4-6-19(26)20(27)8-13)14-5-7-21(28-23(14)30)24(33)29-10-17-15(9-22(31)32)18(17)11-29/h4-8,12,15,17-18H,9-11H2,1-3H3,(H,31,32)/t15-,17-,18+. The van der Waals surface area contributed by atoms with Crippen molar-refractivity contribution in [3.8, 4) is 11.1 Å². The van der Waals surface area contributed by atoms with Gasteiger partial charge in [0.15, 0.2) is 0 Å². The van der Waals surface area contributed by atoms with E-state index in [-0.39, 0.29) is 40.6 Å². The van der Waals surface area contributed by atoms with E-state index in [2.05, 4.69) is 0 Å². The summed E-state index contributed by atoms with van der Waals surface area (Å²) in [6.45, 7) is 7.30. The molecule has 3 atom stereocenters. The minimum Gasteiger partial charge on any atom is -0.481 e. The second kappa shape index (κ2) is 7.55. The molecule has 0 unspecified atom stereocenters. The molecule has 1 saturated heterocycles. The molecule has 0 spiro atoms. The van der Waals surface area contributed by atoms with Crippen LogP contribution < -0.4 is 0 Å². The molecule has 8 heteroatoms. The summed E-state index contributed by atoms with van der Waals surface area (Å²) in [5, 5.41) is 9.91. The van der Waals surface area contributed by atoms with Gasteiger partial charge in [-0.15, -0.1) is 0 Å². The van der Waals surface area contributed by atoms with E-state index in [1.165, 1.54) is 12.1 Å². The number of hydrogen-bond donors (Lipinski definition) is 1. The quantitative estimate of drug-likeness (QED) is 0.580. The molecular weight excluding hydrogens is 445 g/mol. The average Bonchev–Trinajstić information content (AvgIpc) is 3.10. The predicted octanol–water partition coefficient (Wildman–Crippen LogP) is 5.04. The molecule has 2 aromatic heterocycles. The Labute approximate surface area is 196 Å². The molecule has 6 nitrogen and oxygen atoms in total. The van der Waals surface area contributed by atoms with Crippen LogP contribution in [0.3, 0.4) is 0 Å². The maximum atomic E-state index is 14.1. The number of benzene rings is 1. The highest BCUT2D eigenvalue weighted by atomic mass is 35.5. The average molecular weight is 470 g/mol. The number of likely N-dealkylation sites (tertiary alicyclic amines) is 1. The Kier molecular flexibility index (Phi) is 5.01. The number of carbonyl (C=O) groups excluding carboxylic acids is 1. The Hall–Kier alpha value is -2.93. The fraction of sp³-hybridized carbons (Fsp3) is 0.400. The number of pyridine rings is 1. The molecule has 3 aromatic rings. The van der Waals surface area contributed by atoms with E-state index in [0.717, 1.165) is 10.9 Å². The highest BCUT2D eigenvalue weighted by Crippen LogP contribution is 2.53. The van der Waals surface area contributed by atoms with Crippen LogP contribution in [0.25, 0.3) is 22.2 Å². The number of carboxylic acid groups (broad SMARTS) is 1. The number of carbonyl (C=O) groups is 2. The van der Waals surface area contributed by atoms with Crippen LogP contribution in [-0.4, -0.2) is 44.5 Å². The zero-order chi connectivity index (χ0) is 23.7. The van der Waals surface area contributed by atoms with Crippen molar-refractivity contribution in [1.29, 1.82) is 0 Å². The third-order valence-corrected chi connectivity index (χ3v) is 7.20. The molecule has 1 aliphatic carbocycles. The van der Waals surface area contributed by atoms with Crippen LogP contribution in [0.2, 0.25) is 5.02 Å². The Balaban J connectivity index is 1.48. The zero-order valence-corrected chi connectivity index (χ0v) is 19.4. The Morgan fingerprint density at radius 2 is 1.88 bits per heavy atom. The summed E-state index contributed by atoms with van der Waals surface area (Å²) < 4.78 is 16.1. The van der Waals surface area contributed by atoms with Gasteiger partial charge < -0.3 is 14.6 Å². The fourth-order valence-electron chi connectivity index (χ4n) is 5.11. The van der Waals surface area contributed by atoms with Gasteiger partial charge in [0.05, 0.1) is 5.02 Å². The normalized spacial score (nSPS) is 22.0. The first kappa shape index (κ1) is 21.9. The lowest BCUT2D eigenvalue weighted by atomic mass is 10.1. The van der Waals surface area contributed by atoms with Crippen LogP contribution in [0.5, 0.6) is 0 Å². The molecule has 0 bridgehead atoms. The van der Waals surface area contributed by atoms with E-state index in [4.69, 9.17) is 21.7 Å². The van der Waals surface area contributed by atoms with Crippen LogP contribution in [0.15, 0.2) is 36.5 Å². The van der Waals surface area contributed by atoms with Crippen LogP contribution >= 0.6 is 11.6 Å². The van der Waals surface area contributed by atoms with Gasteiger partial charge >= 0.3 is 5.97 Å². The Morgan fingerprint density at radius 1 is 1.18 bits per heavy atom. The van der Waals surface area contributed by atoms with Gasteiger partial charge in [0.1, 0.15) is 17.2 Å². The lowest BCUT2D eigenvalue weighted by Gasteiger charge is -2.23. The zero-order valence-electron chi connectivity index (χ0n) is 18.7. The molecule has 2 fully saturated rings. The highest BCUT2D eigenvalue weighted by molar-refractivity contribution is 6.30. The molecule has 1 saturated carbocycles. The number of amides is 1. The number of hydrogen-bond acceptors (Lipinski definition) is 3. The van der Waals surface area contributed by atoms with Crippen molar-refractivity contribution in [1.82, 2.24) is 14.5 Å². The first-order chi connectivity index (χ1) is 15.5. The van der Waals surface area contributed by atoms with E-state index in [0.29, 0.717) is 30.0 Å². The number of aromatic nitrogens is 2. The monoisotopic (exact) mass is 469 g/mol. The molecule has 33 heavy (non-hydrogen) atoms. The van der Waals surface area contributed by atoms with E-state index < -0.39 is 11.8 Å². The van der Waals surface area contributed by atoms with Crippen LogP contribution in [-0.2, 0) is 10.3 Å². The minimum absolute atomic E-state index is 0.0681. The van der Waals surface area contributed by atoms with Crippen molar-refractivity contribution in [3.63, 3.8) is 0 Å². The smallest absolute Gasteiger partial charge is 0.303 e. The summed E-state index contributed by atoms with van der Waals surface area (Å²) in [5.74, 6) is -0.670. The van der Waals surface area contributed by atoms with Crippen molar-refractivity contribution in [2.45, 2.75) is 32.7 Å². The molecule has 1 aromatic carbocycles. The minimum atomic E-state index is -0.779. The van der Waals surface area contributed by atoms with E-state index in [9.17, 15) is 14.0 Å². The highest BCUT2D eigenvalue weighted by Gasteiger charge is 2.57. The van der Waals surface area contributed by atoms with Gasteiger partial charge in [-0.1, -0.05) is 17.7 Å². The van der Waals surface area contributed by atoms with Crippen molar-refractivity contribution in [3.05, 3.63) is 53.1 Å². The summed E-state index contributed by atoms with van der Waals surface area (Å²) >= 11 is 5.87. The summed E-state index contributed by atoms with van der Waals surface area (Å²) in [4.78, 5) is 30.7. The molecule has 1 amide bonds. The van der Waals surface area contributed by atoms with Gasteiger partial charge in [-0.3, -0.25) is 9.59 Å². The second-order valence-corrected chi connectivity index (χ2v) is 10.5. The lowest BCUT2D eigenvalue weighted by Crippen LogP contribution is -2.32. The van der Waals surface area contributed by atoms with Gasteiger partial charge in [0.2, 0.25) is 0 Å². The molecule has 3 heterocycles. The lowest BCUT2D eigenvalue weighted by molar-refractivity contribution is -0.137. The number of nitrogens with zero attached hydrogens (tertiary/aromatic N) is 3. The van der Waals surface area contributed by atoms with E-state index in [1.54, 1.807) is 17.0 Å². The summed E-state index contributed by atoms with van der Waals surface area (Å²) in [6.07, 6.45) is 2.12. The van der Waals surface area contributed by atoms with E-state index >= 15 is 0 Å². The van der Waals surface area contributed by atoms with Crippen molar-refractivity contribution in [2.24, 2.45) is 17.8 Å². The number of carboxylic acids is 1. The molecule has 172 valence electrons. The molecule has 0 radical (unpaired) electrons. The maximum Gasteiger partial charge on any atom is 0.303 e. The maximum absolute atomic E-state index is 14.1. The van der Waals surface area contributed by atoms with Crippen LogP contribution in [0.4, 0.5) is 4.39 Å². The number of halogens is 2. The van der Waals surface area contributed by atoms with Gasteiger partial charge in [0.25, 0.3) is 5.91 Å². The Morgan fingerprint density at radius 3 is 2.48 bits per heavy atom. The van der Waals surface area contributed by atoms with Gasteiger partial charge in [-0.25, -0.2) is 9.37 Å². The molecule has 5 rings (SSSR count). The number of aliphatic carboxylic acids is 1. The van der Waals surface area contributed by atoms with Crippen molar-refractivity contribution in [2.75, 3.05) is 13.1 Å². The first-order valence-corrected chi connectivity index (χ1v) is 11.4. The topological polar surface area (TPSA) is 75.4 Å². The third-order valence-electron chi connectivity index (χ3n) is 6.89.